The van der Waals surface area contributed by atoms with Crippen molar-refractivity contribution in [3.63, 3.8) is 0 Å². The Labute approximate surface area is 149 Å². The molecule has 0 amide bonds. The Bertz CT molecular complexity index is 1140. The third-order valence-corrected chi connectivity index (χ3v) is 4.48. The molecule has 0 aliphatic rings. The Balaban J connectivity index is 2.05. The van der Waals surface area contributed by atoms with E-state index < -0.39 is 18.0 Å². The Morgan fingerprint density at radius 2 is 1.62 bits per heavy atom. The molecule has 0 fully saturated rings. The predicted octanol–water partition coefficient (Wildman–Crippen LogP) is 6.48. The van der Waals surface area contributed by atoms with Crippen molar-refractivity contribution in [2.24, 2.45) is 0 Å². The maximum Gasteiger partial charge on any atom is 0.338 e. The molecule has 4 heteroatoms. The summed E-state index contributed by atoms with van der Waals surface area (Å²) in [4.78, 5) is 12.5. The molecule has 0 bridgehead atoms. The zero-order chi connectivity index (χ0) is 18.6. The van der Waals surface area contributed by atoms with Gasteiger partial charge in [-0.15, -0.1) is 0 Å². The minimum atomic E-state index is -2.59. The molecule has 0 aliphatic carbocycles. The van der Waals surface area contributed by atoms with E-state index >= 15 is 0 Å². The first-order chi connectivity index (χ1) is 12.2. The third-order valence-electron chi connectivity index (χ3n) is 4.48. The number of esters is 1. The number of hydrogen-bond acceptors (Lipinski definition) is 2. The highest BCUT2D eigenvalue weighted by molar-refractivity contribution is 6.24. The average molecular weight is 352 g/mol. The molecule has 26 heavy (non-hydrogen) atoms. The molecular weight excluding hydrogens is 334 g/mol. The van der Waals surface area contributed by atoms with Crippen LogP contribution in [0.5, 0.6) is 0 Å². The first-order valence-corrected chi connectivity index (χ1v) is 8.47. The normalized spacial score (nSPS) is 12.5. The number of carbonyl (C=O) groups is 1. The number of rotatable bonds is 2. The Morgan fingerprint density at radius 3 is 2.31 bits per heavy atom. The summed E-state index contributed by atoms with van der Waals surface area (Å²) in [6, 6.07) is 14.2. The lowest BCUT2D eigenvalue weighted by Gasteiger charge is -2.20. The number of ether oxygens (including phenoxy) is 1. The van der Waals surface area contributed by atoms with Crippen molar-refractivity contribution < 1.29 is 18.3 Å². The fourth-order valence-electron chi connectivity index (χ4n) is 3.51. The lowest BCUT2D eigenvalue weighted by molar-refractivity contribution is 0.00698. The van der Waals surface area contributed by atoms with Crippen LogP contribution in [0.25, 0.3) is 32.3 Å². The predicted molar refractivity (Wildman–Crippen MR) is 100 cm³/mol. The van der Waals surface area contributed by atoms with Gasteiger partial charge in [-0.2, -0.15) is 0 Å². The molecule has 0 aromatic heterocycles. The Kier molecular flexibility index (Phi) is 3.62. The van der Waals surface area contributed by atoms with E-state index in [1.807, 2.05) is 18.2 Å². The molecule has 4 rings (SSSR count). The van der Waals surface area contributed by atoms with Crippen LogP contribution in [0, 0.1) is 0 Å². The molecule has 0 spiro atoms. The van der Waals surface area contributed by atoms with Crippen molar-refractivity contribution in [3.05, 3.63) is 59.7 Å². The van der Waals surface area contributed by atoms with Crippen LogP contribution in [-0.2, 0) is 4.74 Å². The molecule has 0 radical (unpaired) electrons. The lowest BCUT2D eigenvalue weighted by atomic mass is 9.90. The van der Waals surface area contributed by atoms with Gasteiger partial charge in [0.25, 0.3) is 6.43 Å². The summed E-state index contributed by atoms with van der Waals surface area (Å²) >= 11 is 0. The van der Waals surface area contributed by atoms with Gasteiger partial charge in [0.1, 0.15) is 5.60 Å². The van der Waals surface area contributed by atoms with Gasteiger partial charge in [0.15, 0.2) is 0 Å². The molecule has 0 saturated heterocycles. The molecule has 0 N–H and O–H groups in total. The van der Waals surface area contributed by atoms with Gasteiger partial charge < -0.3 is 4.74 Å². The van der Waals surface area contributed by atoms with Crippen molar-refractivity contribution in [2.45, 2.75) is 32.8 Å². The minimum Gasteiger partial charge on any atom is -0.456 e. The molecule has 0 atom stereocenters. The molecule has 0 heterocycles. The van der Waals surface area contributed by atoms with Crippen LogP contribution >= 0.6 is 0 Å². The monoisotopic (exact) mass is 352 g/mol. The summed E-state index contributed by atoms with van der Waals surface area (Å²) in [5.74, 6) is -0.457. The standard InChI is InChI=1S/C22H18F2O2/c1-22(2,3)26-21(25)15-9-13-8-7-12-5-4-6-16-17(20(23)24)11-14(10-15)18(13)19(12)16/h4-11,20H,1-3H3. The van der Waals surface area contributed by atoms with Crippen molar-refractivity contribution >= 4 is 38.3 Å². The van der Waals surface area contributed by atoms with E-state index in [2.05, 4.69) is 0 Å². The van der Waals surface area contributed by atoms with Crippen LogP contribution in [0.2, 0.25) is 0 Å². The van der Waals surface area contributed by atoms with Gasteiger partial charge in [-0.3, -0.25) is 0 Å². The Hall–Kier alpha value is -2.75. The van der Waals surface area contributed by atoms with E-state index in [0.29, 0.717) is 16.3 Å². The summed E-state index contributed by atoms with van der Waals surface area (Å²) in [6.45, 7) is 5.39. The molecule has 4 aromatic carbocycles. The number of benzene rings is 4. The van der Waals surface area contributed by atoms with E-state index in [4.69, 9.17) is 4.74 Å². The summed E-state index contributed by atoms with van der Waals surface area (Å²) in [5.41, 5.74) is -0.271. The second-order valence-corrected chi connectivity index (χ2v) is 7.54. The van der Waals surface area contributed by atoms with Gasteiger partial charge in [-0.1, -0.05) is 30.3 Å². The van der Waals surface area contributed by atoms with Crippen molar-refractivity contribution in [3.8, 4) is 0 Å². The van der Waals surface area contributed by atoms with E-state index in [1.54, 1.807) is 45.0 Å². The zero-order valence-corrected chi connectivity index (χ0v) is 14.8. The molecule has 0 saturated carbocycles. The molecule has 4 aromatic rings. The van der Waals surface area contributed by atoms with E-state index in [1.165, 1.54) is 6.07 Å². The highest BCUT2D eigenvalue weighted by atomic mass is 19.3. The molecule has 2 nitrogen and oxygen atoms in total. The minimum absolute atomic E-state index is 0.0167. The van der Waals surface area contributed by atoms with Crippen LogP contribution in [-0.4, -0.2) is 11.6 Å². The molecule has 0 aliphatic heterocycles. The fraction of sp³-hybridized carbons (Fsp3) is 0.227. The van der Waals surface area contributed by atoms with E-state index in [-0.39, 0.29) is 5.56 Å². The topological polar surface area (TPSA) is 26.3 Å². The second-order valence-electron chi connectivity index (χ2n) is 7.54. The van der Waals surface area contributed by atoms with Gasteiger partial charge in [0.05, 0.1) is 5.56 Å². The van der Waals surface area contributed by atoms with E-state index in [0.717, 1.165) is 21.5 Å². The Morgan fingerprint density at radius 1 is 0.923 bits per heavy atom. The van der Waals surface area contributed by atoms with E-state index in [9.17, 15) is 13.6 Å². The van der Waals surface area contributed by atoms with Gasteiger partial charge >= 0.3 is 5.97 Å². The van der Waals surface area contributed by atoms with Gasteiger partial charge in [0.2, 0.25) is 0 Å². The summed E-state index contributed by atoms with van der Waals surface area (Å²) in [5, 5.41) is 4.65. The second kappa shape index (κ2) is 5.63. The lowest BCUT2D eigenvalue weighted by Crippen LogP contribution is -2.23. The highest BCUT2D eigenvalue weighted by Crippen LogP contribution is 2.40. The SMILES string of the molecule is CC(C)(C)OC(=O)c1cc2ccc3cccc4c(C(F)F)cc(c1)c2c34. The number of hydrogen-bond donors (Lipinski definition) is 0. The maximum atomic E-state index is 13.6. The summed E-state index contributed by atoms with van der Waals surface area (Å²) in [7, 11) is 0. The third kappa shape index (κ3) is 2.66. The number of alkyl halides is 2. The summed E-state index contributed by atoms with van der Waals surface area (Å²) < 4.78 is 32.7. The smallest absolute Gasteiger partial charge is 0.338 e. The first-order valence-electron chi connectivity index (χ1n) is 8.47. The van der Waals surface area contributed by atoms with Crippen LogP contribution in [0.15, 0.2) is 48.5 Å². The van der Waals surface area contributed by atoms with Crippen LogP contribution in [0.1, 0.15) is 43.1 Å². The number of carbonyl (C=O) groups excluding carboxylic acids is 1. The van der Waals surface area contributed by atoms with Crippen LogP contribution in [0.3, 0.4) is 0 Å². The van der Waals surface area contributed by atoms with Crippen LogP contribution < -0.4 is 0 Å². The first kappa shape index (κ1) is 16.7. The van der Waals surface area contributed by atoms with Gasteiger partial charge in [0, 0.05) is 5.56 Å². The van der Waals surface area contributed by atoms with Crippen molar-refractivity contribution in [1.29, 1.82) is 0 Å². The van der Waals surface area contributed by atoms with Crippen molar-refractivity contribution in [2.75, 3.05) is 0 Å². The molecule has 132 valence electrons. The van der Waals surface area contributed by atoms with Gasteiger partial charge in [-0.05, 0) is 71.3 Å². The molecular formula is C22H18F2O2. The van der Waals surface area contributed by atoms with Crippen LogP contribution in [0.4, 0.5) is 8.78 Å². The average Bonchev–Trinajstić information content (AvgIpc) is 2.57. The zero-order valence-electron chi connectivity index (χ0n) is 14.8. The quantitative estimate of drug-likeness (QED) is 0.305. The maximum absolute atomic E-state index is 13.6. The molecule has 0 unspecified atom stereocenters. The number of halogens is 2. The van der Waals surface area contributed by atoms with Gasteiger partial charge in [-0.25, -0.2) is 13.6 Å². The highest BCUT2D eigenvalue weighted by Gasteiger charge is 2.21. The largest absolute Gasteiger partial charge is 0.456 e. The fourth-order valence-corrected chi connectivity index (χ4v) is 3.51. The summed E-state index contributed by atoms with van der Waals surface area (Å²) in [6.07, 6.45) is -2.59. The van der Waals surface area contributed by atoms with Crippen molar-refractivity contribution in [1.82, 2.24) is 0 Å².